The van der Waals surface area contributed by atoms with Crippen molar-refractivity contribution in [3.63, 3.8) is 0 Å². The van der Waals surface area contributed by atoms with Gasteiger partial charge in [-0.05, 0) is 40.2 Å². The molecule has 0 saturated heterocycles. The van der Waals surface area contributed by atoms with Crippen LogP contribution in [-0.2, 0) is 7.05 Å². The summed E-state index contributed by atoms with van der Waals surface area (Å²) in [5, 5.41) is 13.0. The van der Waals surface area contributed by atoms with Crippen LogP contribution < -0.4 is 4.90 Å². The van der Waals surface area contributed by atoms with Gasteiger partial charge >= 0.3 is 6.18 Å². The first kappa shape index (κ1) is 22.1. The fraction of sp³-hybridized carbons (Fsp3) is 0.409. The maximum Gasteiger partial charge on any atom is 0.410 e. The lowest BCUT2D eigenvalue weighted by atomic mass is 10.0. The predicted octanol–water partition coefficient (Wildman–Crippen LogP) is 3.79. The SMILES string of the molecule is Cc1cc2n(n1)[C@@H](C(F)(F)F)C[C@@H](C)N2C(=O)c1cc2nccc(-c3c(C)nn(C)c3C)n2n1. The van der Waals surface area contributed by atoms with E-state index in [1.54, 1.807) is 41.4 Å². The Morgan fingerprint density at radius 2 is 1.85 bits per heavy atom. The molecule has 0 saturated carbocycles. The molecule has 0 radical (unpaired) electrons. The summed E-state index contributed by atoms with van der Waals surface area (Å²) in [6.07, 6.45) is -3.14. The fourth-order valence-corrected chi connectivity index (χ4v) is 4.70. The van der Waals surface area contributed by atoms with E-state index in [-0.39, 0.29) is 17.9 Å². The number of carbonyl (C=O) groups excluding carboxylic acids is 1. The van der Waals surface area contributed by atoms with E-state index in [1.807, 2.05) is 20.9 Å². The number of alkyl halides is 3. The van der Waals surface area contributed by atoms with Crippen LogP contribution in [-0.4, -0.2) is 52.3 Å². The first-order valence-corrected chi connectivity index (χ1v) is 10.8. The molecule has 34 heavy (non-hydrogen) atoms. The number of amides is 1. The maximum atomic E-state index is 13.7. The molecule has 1 aliphatic rings. The highest BCUT2D eigenvalue weighted by molar-refractivity contribution is 6.05. The zero-order valence-corrected chi connectivity index (χ0v) is 19.3. The molecule has 0 unspecified atom stereocenters. The summed E-state index contributed by atoms with van der Waals surface area (Å²) in [5.41, 5.74) is 4.26. The van der Waals surface area contributed by atoms with Crippen LogP contribution in [0.4, 0.5) is 19.0 Å². The molecule has 1 aliphatic heterocycles. The third-order valence-corrected chi connectivity index (χ3v) is 6.32. The number of fused-ring (bicyclic) bond motifs is 2. The second kappa shape index (κ2) is 7.40. The van der Waals surface area contributed by atoms with E-state index in [1.165, 1.54) is 11.0 Å². The average Bonchev–Trinajstić information content (AvgIpc) is 3.41. The van der Waals surface area contributed by atoms with Crippen molar-refractivity contribution in [2.24, 2.45) is 7.05 Å². The number of carbonyl (C=O) groups is 1. The Morgan fingerprint density at radius 3 is 2.50 bits per heavy atom. The third kappa shape index (κ3) is 3.27. The number of hydrogen-bond acceptors (Lipinski definition) is 5. The van der Waals surface area contributed by atoms with Gasteiger partial charge in [-0.2, -0.15) is 28.5 Å². The molecule has 1 amide bonds. The van der Waals surface area contributed by atoms with Gasteiger partial charge in [-0.25, -0.2) is 14.2 Å². The number of hydrogen-bond donors (Lipinski definition) is 0. The Labute approximate surface area is 192 Å². The Bertz CT molecular complexity index is 1430. The van der Waals surface area contributed by atoms with Gasteiger partial charge in [0.05, 0.1) is 17.1 Å². The van der Waals surface area contributed by atoms with Gasteiger partial charge < -0.3 is 0 Å². The minimum atomic E-state index is -4.47. The van der Waals surface area contributed by atoms with Gasteiger partial charge in [0.15, 0.2) is 17.4 Å². The smallest absolute Gasteiger partial charge is 0.289 e. The zero-order valence-electron chi connectivity index (χ0n) is 19.3. The van der Waals surface area contributed by atoms with Crippen molar-refractivity contribution < 1.29 is 18.0 Å². The van der Waals surface area contributed by atoms with Crippen LogP contribution in [0.3, 0.4) is 0 Å². The van der Waals surface area contributed by atoms with Crippen molar-refractivity contribution in [1.82, 2.24) is 34.2 Å². The van der Waals surface area contributed by atoms with Gasteiger partial charge in [-0.3, -0.25) is 14.4 Å². The zero-order chi connectivity index (χ0) is 24.5. The van der Waals surface area contributed by atoms with Crippen LogP contribution in [0.25, 0.3) is 16.9 Å². The van der Waals surface area contributed by atoms with E-state index < -0.39 is 24.2 Å². The predicted molar refractivity (Wildman–Crippen MR) is 118 cm³/mol. The van der Waals surface area contributed by atoms with Crippen LogP contribution >= 0.6 is 0 Å². The third-order valence-electron chi connectivity index (χ3n) is 6.32. The van der Waals surface area contributed by atoms with E-state index in [2.05, 4.69) is 20.3 Å². The van der Waals surface area contributed by atoms with E-state index in [4.69, 9.17) is 0 Å². The van der Waals surface area contributed by atoms with E-state index in [0.29, 0.717) is 11.3 Å². The first-order valence-electron chi connectivity index (χ1n) is 10.8. The molecule has 12 heteroatoms. The fourth-order valence-electron chi connectivity index (χ4n) is 4.70. The van der Waals surface area contributed by atoms with E-state index in [0.717, 1.165) is 27.3 Å². The number of aryl methyl sites for hydroxylation is 3. The lowest BCUT2D eigenvalue weighted by Crippen LogP contribution is -2.48. The van der Waals surface area contributed by atoms with Crippen molar-refractivity contribution in [1.29, 1.82) is 0 Å². The van der Waals surface area contributed by atoms with Gasteiger partial charge in [-0.15, -0.1) is 0 Å². The van der Waals surface area contributed by atoms with Crippen molar-refractivity contribution in [2.75, 3.05) is 4.90 Å². The molecular formula is C22H23F3N8O. The van der Waals surface area contributed by atoms with Crippen molar-refractivity contribution in [3.05, 3.63) is 47.2 Å². The average molecular weight is 472 g/mol. The lowest BCUT2D eigenvalue weighted by molar-refractivity contribution is -0.174. The Hall–Kier alpha value is -3.70. The summed E-state index contributed by atoms with van der Waals surface area (Å²) in [6.45, 7) is 7.03. The Morgan fingerprint density at radius 1 is 1.12 bits per heavy atom. The largest absolute Gasteiger partial charge is 0.410 e. The monoisotopic (exact) mass is 472 g/mol. The molecule has 0 aliphatic carbocycles. The molecule has 5 heterocycles. The molecule has 0 bridgehead atoms. The summed E-state index contributed by atoms with van der Waals surface area (Å²) in [7, 11) is 1.85. The molecule has 4 aromatic heterocycles. The van der Waals surface area contributed by atoms with Crippen molar-refractivity contribution >= 4 is 17.4 Å². The molecule has 0 fully saturated rings. The molecule has 178 valence electrons. The second-order valence-electron chi connectivity index (χ2n) is 8.70. The normalized spacial score (nSPS) is 18.5. The molecule has 2 atom stereocenters. The van der Waals surface area contributed by atoms with Crippen molar-refractivity contribution in [2.45, 2.75) is 52.4 Å². The molecule has 9 nitrogen and oxygen atoms in total. The molecule has 0 spiro atoms. The summed E-state index contributed by atoms with van der Waals surface area (Å²) in [4.78, 5) is 19.2. The Kier molecular flexibility index (Phi) is 4.81. The van der Waals surface area contributed by atoms with Gasteiger partial charge in [0.25, 0.3) is 5.91 Å². The number of aromatic nitrogens is 7. The summed E-state index contributed by atoms with van der Waals surface area (Å²) < 4.78 is 45.2. The topological polar surface area (TPSA) is 86.1 Å². The number of nitrogens with zero attached hydrogens (tertiary/aromatic N) is 8. The van der Waals surface area contributed by atoms with Gasteiger partial charge in [-0.1, -0.05) is 0 Å². The highest BCUT2D eigenvalue weighted by Crippen LogP contribution is 2.42. The summed E-state index contributed by atoms with van der Waals surface area (Å²) >= 11 is 0. The molecule has 0 aromatic carbocycles. The summed E-state index contributed by atoms with van der Waals surface area (Å²) in [6, 6.07) is 2.34. The van der Waals surface area contributed by atoms with Crippen LogP contribution in [0.2, 0.25) is 0 Å². The second-order valence-corrected chi connectivity index (χ2v) is 8.70. The molecule has 4 aromatic rings. The van der Waals surface area contributed by atoms with Gasteiger partial charge in [0.2, 0.25) is 0 Å². The maximum absolute atomic E-state index is 13.7. The van der Waals surface area contributed by atoms with Crippen LogP contribution in [0.15, 0.2) is 24.4 Å². The first-order chi connectivity index (χ1) is 16.0. The van der Waals surface area contributed by atoms with E-state index >= 15 is 0 Å². The standard InChI is InChI=1S/C22H23F3N8O/c1-11-8-19-31(12(2)9-17(22(23,24)25)33(19)27-11)21(34)15-10-18-26-7-6-16(32(18)29-15)20-13(3)28-30(5)14(20)4/h6-8,10,12,17H,9H2,1-5H3/t12-,17-/m1/s1. The number of anilines is 1. The number of rotatable bonds is 2. The van der Waals surface area contributed by atoms with Crippen molar-refractivity contribution in [3.8, 4) is 11.3 Å². The minimum Gasteiger partial charge on any atom is -0.289 e. The van der Waals surface area contributed by atoms with Crippen LogP contribution in [0.1, 0.15) is 47.0 Å². The highest BCUT2D eigenvalue weighted by atomic mass is 19.4. The van der Waals surface area contributed by atoms with Crippen LogP contribution in [0, 0.1) is 20.8 Å². The van der Waals surface area contributed by atoms with Gasteiger partial charge in [0.1, 0.15) is 5.82 Å². The summed E-state index contributed by atoms with van der Waals surface area (Å²) in [5.74, 6) is -0.405. The molecule has 0 N–H and O–H groups in total. The number of halogens is 3. The Balaban J connectivity index is 1.60. The quantitative estimate of drug-likeness (QED) is 0.443. The van der Waals surface area contributed by atoms with Gasteiger partial charge in [0, 0.05) is 42.7 Å². The lowest BCUT2D eigenvalue weighted by Gasteiger charge is -2.38. The minimum absolute atomic E-state index is 0.0851. The highest BCUT2D eigenvalue weighted by Gasteiger charge is 2.48. The molecule has 5 rings (SSSR count). The molecular weight excluding hydrogens is 449 g/mol. The van der Waals surface area contributed by atoms with Crippen LogP contribution in [0.5, 0.6) is 0 Å². The van der Waals surface area contributed by atoms with E-state index in [9.17, 15) is 18.0 Å².